The van der Waals surface area contributed by atoms with E-state index in [1.807, 2.05) is 45.0 Å². The number of ether oxygens (including phenoxy) is 2. The number of hydrogen-bond donors (Lipinski definition) is 4. The SMILES string of the molecule is CCn1c(-c2cccnc2[C@H](C)OC)c2c3cc(ccc31)-c1cc(O)cc(c1)C[C@H](NC(=O)C(C(C)C)N(C)C(=O)[C@H]1Cc3ccncc3[C@H]1N)C(=O)N1CCC[C@H](N1)C(=O)OCC(C)(C)C2. The van der Waals surface area contributed by atoms with E-state index in [0.717, 1.165) is 55.7 Å². The minimum atomic E-state index is -1.16. The number of nitrogens with one attached hydrogen (secondary N) is 2. The van der Waals surface area contributed by atoms with E-state index >= 15 is 0 Å². The molecule has 1 fully saturated rings. The molecule has 15 nitrogen and oxygen atoms in total. The zero-order valence-electron chi connectivity index (χ0n) is 39.8. The number of cyclic esters (lactones) is 1. The second kappa shape index (κ2) is 19.2. The van der Waals surface area contributed by atoms with Crippen molar-refractivity contribution in [3.63, 3.8) is 0 Å². The first-order chi connectivity index (χ1) is 32.0. The molecule has 1 aliphatic carbocycles. The molecule has 5 aromatic rings. The number of pyridine rings is 2. The number of aromatic hydroxyl groups is 1. The van der Waals surface area contributed by atoms with Crippen LogP contribution in [-0.4, -0.2) is 98.7 Å². The van der Waals surface area contributed by atoms with Crippen molar-refractivity contribution in [3.8, 4) is 28.1 Å². The summed E-state index contributed by atoms with van der Waals surface area (Å²) in [5.74, 6) is -2.67. The minimum absolute atomic E-state index is 0.00291. The van der Waals surface area contributed by atoms with Crippen LogP contribution in [0, 0.1) is 17.3 Å². The van der Waals surface area contributed by atoms with Crippen molar-refractivity contribution in [1.82, 2.24) is 35.2 Å². The molecule has 6 bridgehead atoms. The van der Waals surface area contributed by atoms with Crippen LogP contribution in [0.4, 0.5) is 0 Å². The normalized spacial score (nSPS) is 21.6. The average Bonchev–Trinajstić information content (AvgIpc) is 3.81. The van der Waals surface area contributed by atoms with Crippen LogP contribution in [0.2, 0.25) is 0 Å². The van der Waals surface area contributed by atoms with Crippen LogP contribution in [0.1, 0.15) is 94.5 Å². The number of aryl methyl sites for hydroxylation is 1. The molecule has 6 atom stereocenters. The van der Waals surface area contributed by atoms with Gasteiger partial charge in [0, 0.05) is 80.2 Å². The Morgan fingerprint density at radius 2 is 1.87 bits per heavy atom. The zero-order chi connectivity index (χ0) is 47.9. The topological polar surface area (TPSA) is 194 Å². The third kappa shape index (κ3) is 9.41. The van der Waals surface area contributed by atoms with Gasteiger partial charge in [-0.1, -0.05) is 39.8 Å². The molecule has 67 heavy (non-hydrogen) atoms. The number of phenols is 1. The van der Waals surface area contributed by atoms with Crippen LogP contribution in [0.25, 0.3) is 33.3 Å². The van der Waals surface area contributed by atoms with Gasteiger partial charge in [0.25, 0.3) is 5.91 Å². The number of hydrazine groups is 1. The van der Waals surface area contributed by atoms with Gasteiger partial charge >= 0.3 is 5.97 Å². The summed E-state index contributed by atoms with van der Waals surface area (Å²) in [7, 11) is 3.28. The molecule has 3 amide bonds. The maximum Gasteiger partial charge on any atom is 0.324 e. The van der Waals surface area contributed by atoms with Crippen molar-refractivity contribution in [2.45, 2.75) is 110 Å². The number of fused-ring (bicyclic) bond motifs is 7. The third-order valence-electron chi connectivity index (χ3n) is 13.8. The largest absolute Gasteiger partial charge is 0.508 e. The van der Waals surface area contributed by atoms with Gasteiger partial charge in [0.05, 0.1) is 30.0 Å². The fourth-order valence-electron chi connectivity index (χ4n) is 10.4. The van der Waals surface area contributed by atoms with E-state index in [4.69, 9.17) is 20.2 Å². The number of methoxy groups -OCH3 is 1. The van der Waals surface area contributed by atoms with Crippen LogP contribution in [0.15, 0.2) is 73.2 Å². The van der Waals surface area contributed by atoms with Crippen LogP contribution in [-0.2, 0) is 54.5 Å². The molecule has 0 spiro atoms. The zero-order valence-corrected chi connectivity index (χ0v) is 39.8. The molecule has 3 aromatic heterocycles. The Kier molecular flexibility index (Phi) is 13.6. The lowest BCUT2D eigenvalue weighted by atomic mass is 9.84. The van der Waals surface area contributed by atoms with Crippen LogP contribution in [0.3, 0.4) is 0 Å². The average molecular weight is 913 g/mol. The molecule has 0 radical (unpaired) electrons. The highest BCUT2D eigenvalue weighted by Crippen LogP contribution is 2.42. The van der Waals surface area contributed by atoms with Gasteiger partial charge < -0.3 is 35.1 Å². The number of nitrogens with two attached hydrogens (primary N) is 1. The number of likely N-dealkylation sites (N-methyl/N-ethyl adjacent to an activating group) is 1. The van der Waals surface area contributed by atoms with Gasteiger partial charge in [-0.15, -0.1) is 0 Å². The molecule has 5 heterocycles. The number of carbonyl (C=O) groups is 4. The molecule has 15 heteroatoms. The highest BCUT2D eigenvalue weighted by atomic mass is 16.5. The van der Waals surface area contributed by atoms with E-state index in [1.54, 1.807) is 44.9 Å². The van der Waals surface area contributed by atoms with Crippen molar-refractivity contribution in [1.29, 1.82) is 0 Å². The Labute approximate surface area is 392 Å². The Morgan fingerprint density at radius 3 is 2.60 bits per heavy atom. The minimum Gasteiger partial charge on any atom is -0.508 e. The summed E-state index contributed by atoms with van der Waals surface area (Å²) in [6, 6.07) is 13.9. The van der Waals surface area contributed by atoms with Gasteiger partial charge in [0.1, 0.15) is 23.9 Å². The van der Waals surface area contributed by atoms with Crippen molar-refractivity contribution < 1.29 is 33.8 Å². The number of benzene rings is 2. The standard InChI is InChI=1S/C52H64N8O7/c1-9-59-43-15-14-32-24-37(43)39(47(59)36-12-10-17-55-45(36)30(4)66-8)26-52(5,6)28-67-51(65)41-13-11-19-60(57-41)50(64)42(22-31-20-34(32)23-35(61)21-31)56-48(62)46(29(2)3)58(7)49(63)38-25-33-16-18-54-27-40(33)44(38)53/h10,12,14-18,20-21,23-24,27,29-30,38,41-42,44,46,57,61H,9,11,13,19,22,25-26,28,53H2,1-8H3,(H,56,62)/t30-,38-,41-,42-,44-,46?/m0/s1. The van der Waals surface area contributed by atoms with Gasteiger partial charge in [-0.3, -0.25) is 34.2 Å². The second-order valence-corrected chi connectivity index (χ2v) is 19.6. The van der Waals surface area contributed by atoms with Crippen molar-refractivity contribution in [3.05, 3.63) is 101 Å². The van der Waals surface area contributed by atoms with Crippen LogP contribution < -0.4 is 16.5 Å². The third-order valence-corrected chi connectivity index (χ3v) is 13.8. The number of hydrogen-bond acceptors (Lipinski definition) is 11. The number of rotatable bonds is 9. The molecule has 8 rings (SSSR count). The van der Waals surface area contributed by atoms with Crippen LogP contribution in [0.5, 0.6) is 5.75 Å². The molecule has 3 aliphatic rings. The van der Waals surface area contributed by atoms with E-state index in [9.17, 15) is 24.3 Å². The second-order valence-electron chi connectivity index (χ2n) is 19.6. The summed E-state index contributed by atoms with van der Waals surface area (Å²) in [5, 5.41) is 16.8. The van der Waals surface area contributed by atoms with E-state index < -0.39 is 53.3 Å². The summed E-state index contributed by atoms with van der Waals surface area (Å²) < 4.78 is 14.2. The number of esters is 1. The van der Waals surface area contributed by atoms with Gasteiger partial charge in [0.2, 0.25) is 11.8 Å². The highest BCUT2D eigenvalue weighted by Gasteiger charge is 2.42. The summed E-state index contributed by atoms with van der Waals surface area (Å²) >= 11 is 0. The number of phenolic OH excluding ortho intramolecular Hbond substituents is 1. The smallest absolute Gasteiger partial charge is 0.324 e. The number of carbonyl (C=O) groups excluding carboxylic acids is 4. The number of nitrogens with zero attached hydrogens (tertiary/aromatic N) is 5. The quantitative estimate of drug-likeness (QED) is 0.123. The fourth-order valence-corrected chi connectivity index (χ4v) is 10.4. The number of amides is 3. The molecular formula is C52H64N8O7. The Hall–Kier alpha value is -6.16. The Morgan fingerprint density at radius 1 is 1.07 bits per heavy atom. The molecular weight excluding hydrogens is 849 g/mol. The van der Waals surface area contributed by atoms with Crippen molar-refractivity contribution >= 4 is 34.6 Å². The molecule has 2 aromatic carbocycles. The maximum atomic E-state index is 14.8. The first-order valence-electron chi connectivity index (χ1n) is 23.5. The first kappa shape index (κ1) is 47.3. The monoisotopic (exact) mass is 912 g/mol. The van der Waals surface area contributed by atoms with Crippen molar-refractivity contribution in [2.24, 2.45) is 23.0 Å². The lowest BCUT2D eigenvalue weighted by Gasteiger charge is -2.37. The summed E-state index contributed by atoms with van der Waals surface area (Å²) in [5.41, 5.74) is 17.9. The van der Waals surface area contributed by atoms with Gasteiger partial charge in [-0.25, -0.2) is 5.43 Å². The lowest BCUT2D eigenvalue weighted by Crippen LogP contribution is -2.62. The number of aromatic nitrogens is 3. The predicted molar refractivity (Wildman–Crippen MR) is 255 cm³/mol. The summed E-state index contributed by atoms with van der Waals surface area (Å²) in [4.78, 5) is 68.0. The van der Waals surface area contributed by atoms with Gasteiger partial charge in [0.15, 0.2) is 0 Å². The fraction of sp³-hybridized carbons (Fsp3) is 0.462. The summed E-state index contributed by atoms with van der Waals surface area (Å²) in [6.45, 7) is 13.0. The van der Waals surface area contributed by atoms with E-state index in [-0.39, 0.29) is 43.3 Å². The molecule has 1 unspecified atom stereocenters. The maximum absolute atomic E-state index is 14.8. The van der Waals surface area contributed by atoms with E-state index in [0.29, 0.717) is 37.8 Å². The molecule has 5 N–H and O–H groups in total. The Balaban J connectivity index is 1.20. The summed E-state index contributed by atoms with van der Waals surface area (Å²) in [6.07, 6.45) is 6.79. The highest BCUT2D eigenvalue weighted by molar-refractivity contribution is 5.96. The van der Waals surface area contributed by atoms with Gasteiger partial charge in [-0.2, -0.15) is 0 Å². The first-order valence-corrected chi connectivity index (χ1v) is 23.5. The van der Waals surface area contributed by atoms with E-state index in [2.05, 4.69) is 59.3 Å². The molecule has 354 valence electrons. The molecule has 2 aliphatic heterocycles. The van der Waals surface area contributed by atoms with Crippen LogP contribution >= 0.6 is 0 Å². The predicted octanol–water partition coefficient (Wildman–Crippen LogP) is 6.20. The molecule has 0 saturated carbocycles. The lowest BCUT2D eigenvalue weighted by molar-refractivity contribution is -0.155. The molecule has 1 saturated heterocycles. The van der Waals surface area contributed by atoms with Gasteiger partial charge in [-0.05, 0) is 121 Å². The Bertz CT molecular complexity index is 2700. The van der Waals surface area contributed by atoms with E-state index in [1.165, 1.54) is 9.91 Å². The van der Waals surface area contributed by atoms with Crippen molar-refractivity contribution in [2.75, 3.05) is 27.3 Å².